The van der Waals surface area contributed by atoms with E-state index in [0.717, 1.165) is 16.7 Å². The number of amides is 1. The number of alkyl halides is 1. The van der Waals surface area contributed by atoms with Crippen LogP contribution in [0.4, 0.5) is 4.79 Å². The Hall–Kier alpha value is -2.48. The van der Waals surface area contributed by atoms with Crippen molar-refractivity contribution < 1.29 is 18.8 Å². The van der Waals surface area contributed by atoms with Crippen LogP contribution in [-0.2, 0) is 22.1 Å². The predicted octanol–water partition coefficient (Wildman–Crippen LogP) is 4.89. The minimum absolute atomic E-state index is 0.0308. The quantitative estimate of drug-likeness (QED) is 0.397. The summed E-state index contributed by atoms with van der Waals surface area (Å²) < 4.78 is 18.1. The largest absolute Gasteiger partial charge is 0.445 e. The van der Waals surface area contributed by atoms with Gasteiger partial charge >= 0.3 is 6.09 Å². The number of aliphatic hydroxyl groups is 1. The number of hydrogen-bond donors (Lipinski definition) is 2. The number of halogens is 1. The number of carbonyl (C=O) groups excluding carboxylic acids is 1. The first-order valence-electron chi connectivity index (χ1n) is 10.2. The average Bonchev–Trinajstić information content (AvgIpc) is 2.82. The van der Waals surface area contributed by atoms with Crippen LogP contribution in [0.3, 0.4) is 0 Å². The summed E-state index contributed by atoms with van der Waals surface area (Å²) in [5.41, 5.74) is 2.75. The van der Waals surface area contributed by atoms with E-state index in [2.05, 4.69) is 21.2 Å². The molecule has 0 saturated heterocycles. The molecule has 3 rings (SSSR count). The third kappa shape index (κ3) is 7.02. The Morgan fingerprint density at radius 1 is 1.00 bits per heavy atom. The van der Waals surface area contributed by atoms with Gasteiger partial charge in [0.15, 0.2) is 0 Å². The minimum atomic E-state index is -1.38. The fraction of sp³-hybridized carbons (Fsp3) is 0.240. The number of hydrogen-bond acceptors (Lipinski definition) is 4. The maximum atomic E-state index is 12.7. The number of rotatable bonds is 9. The van der Waals surface area contributed by atoms with Crippen LogP contribution in [0.15, 0.2) is 89.8 Å². The van der Waals surface area contributed by atoms with Gasteiger partial charge in [-0.1, -0.05) is 94.3 Å². The molecule has 0 aliphatic carbocycles. The van der Waals surface area contributed by atoms with Crippen LogP contribution in [0.25, 0.3) is 0 Å². The van der Waals surface area contributed by atoms with Gasteiger partial charge in [-0.05, 0) is 30.2 Å². The van der Waals surface area contributed by atoms with Crippen molar-refractivity contribution in [2.45, 2.75) is 35.4 Å². The monoisotopic (exact) mass is 515 g/mol. The number of benzene rings is 3. The molecule has 3 aromatic carbocycles. The molecule has 0 aliphatic rings. The van der Waals surface area contributed by atoms with E-state index in [1.165, 1.54) is 0 Å². The van der Waals surface area contributed by atoms with Crippen molar-refractivity contribution >= 4 is 32.8 Å². The van der Waals surface area contributed by atoms with Gasteiger partial charge in [0.05, 0.1) is 33.5 Å². The molecule has 2 N–H and O–H groups in total. The fourth-order valence-electron chi connectivity index (χ4n) is 3.15. The van der Waals surface area contributed by atoms with Crippen molar-refractivity contribution in [3.8, 4) is 0 Å². The van der Waals surface area contributed by atoms with Crippen molar-refractivity contribution in [3.05, 3.63) is 102 Å². The van der Waals surface area contributed by atoms with Crippen LogP contribution in [-0.4, -0.2) is 32.1 Å². The number of nitrogens with one attached hydrogen (secondary N) is 1. The third-order valence-electron chi connectivity index (χ3n) is 4.94. The van der Waals surface area contributed by atoms with E-state index in [9.17, 15) is 14.1 Å². The molecule has 0 aromatic heterocycles. The molecule has 3 aromatic rings. The van der Waals surface area contributed by atoms with E-state index in [-0.39, 0.29) is 12.4 Å². The lowest BCUT2D eigenvalue weighted by molar-refractivity contribution is 0.129. The average molecular weight is 516 g/mol. The van der Waals surface area contributed by atoms with Gasteiger partial charge in [0.25, 0.3) is 0 Å². The van der Waals surface area contributed by atoms with Crippen molar-refractivity contribution in [1.29, 1.82) is 0 Å². The zero-order chi connectivity index (χ0) is 22.9. The Morgan fingerprint density at radius 3 is 2.22 bits per heavy atom. The molecule has 0 bridgehead atoms. The highest BCUT2D eigenvalue weighted by atomic mass is 79.9. The molecule has 7 heteroatoms. The first kappa shape index (κ1) is 24.2. The lowest BCUT2D eigenvalue weighted by Gasteiger charge is -2.27. The van der Waals surface area contributed by atoms with E-state index in [0.29, 0.717) is 4.90 Å². The molecule has 0 spiro atoms. The number of ether oxygens (including phenoxy) is 1. The number of alkyl carbamates (subject to hydrolysis) is 1. The van der Waals surface area contributed by atoms with Gasteiger partial charge in [-0.15, -0.1) is 0 Å². The van der Waals surface area contributed by atoms with Crippen LogP contribution in [0.1, 0.15) is 22.7 Å². The SMILES string of the molecule is Cc1ccc([S@@](=O)C[C@@H](O)[C@@H](Br)[C@@H](NC(=O)OCc2ccccc2)c2ccccc2)cc1. The lowest BCUT2D eigenvalue weighted by Crippen LogP contribution is -2.41. The molecule has 0 radical (unpaired) electrons. The van der Waals surface area contributed by atoms with Gasteiger partial charge < -0.3 is 15.2 Å². The first-order chi connectivity index (χ1) is 15.4. The zero-order valence-electron chi connectivity index (χ0n) is 17.7. The van der Waals surface area contributed by atoms with Gasteiger partial charge in [0.1, 0.15) is 6.61 Å². The van der Waals surface area contributed by atoms with Crippen LogP contribution in [0, 0.1) is 6.92 Å². The number of carbonyl (C=O) groups is 1. The Bertz CT molecular complexity index is 1020. The molecule has 5 nitrogen and oxygen atoms in total. The van der Waals surface area contributed by atoms with Gasteiger partial charge in [-0.2, -0.15) is 0 Å². The number of aryl methyl sites for hydroxylation is 1. The van der Waals surface area contributed by atoms with Crippen LogP contribution < -0.4 is 5.32 Å². The third-order valence-corrected chi connectivity index (χ3v) is 7.52. The highest BCUT2D eigenvalue weighted by molar-refractivity contribution is 9.09. The maximum absolute atomic E-state index is 12.7. The number of aliphatic hydroxyl groups excluding tert-OH is 1. The summed E-state index contributed by atoms with van der Waals surface area (Å²) in [6, 6.07) is 25.5. The second-order valence-corrected chi connectivity index (χ2v) is 9.98. The normalized spacial score (nSPS) is 14.7. The van der Waals surface area contributed by atoms with Crippen LogP contribution in [0.2, 0.25) is 0 Å². The van der Waals surface area contributed by atoms with Gasteiger partial charge in [-0.25, -0.2) is 4.79 Å². The summed E-state index contributed by atoms with van der Waals surface area (Å²) in [5, 5.41) is 13.7. The van der Waals surface area contributed by atoms with Crippen molar-refractivity contribution in [1.82, 2.24) is 5.32 Å². The Morgan fingerprint density at radius 2 is 1.59 bits per heavy atom. The van der Waals surface area contributed by atoms with Gasteiger partial charge in [-0.3, -0.25) is 4.21 Å². The highest BCUT2D eigenvalue weighted by Crippen LogP contribution is 2.27. The molecule has 0 aliphatic heterocycles. The van der Waals surface area contributed by atoms with Crippen molar-refractivity contribution in [2.75, 3.05) is 5.75 Å². The van der Waals surface area contributed by atoms with E-state index in [1.807, 2.05) is 79.7 Å². The highest BCUT2D eigenvalue weighted by Gasteiger charge is 2.30. The molecule has 1 amide bonds. The first-order valence-corrected chi connectivity index (χ1v) is 12.5. The van der Waals surface area contributed by atoms with Crippen molar-refractivity contribution in [3.63, 3.8) is 0 Å². The Balaban J connectivity index is 1.67. The predicted molar refractivity (Wildman–Crippen MR) is 130 cm³/mol. The summed E-state index contributed by atoms with van der Waals surface area (Å²) in [5.74, 6) is 0.0308. The molecule has 0 heterocycles. The van der Waals surface area contributed by atoms with E-state index in [4.69, 9.17) is 4.74 Å². The fourth-order valence-corrected chi connectivity index (χ4v) is 5.18. The molecule has 0 unspecified atom stereocenters. The van der Waals surface area contributed by atoms with E-state index in [1.54, 1.807) is 12.1 Å². The second-order valence-electron chi connectivity index (χ2n) is 7.43. The Labute approximate surface area is 199 Å². The summed E-state index contributed by atoms with van der Waals surface area (Å²) in [4.78, 5) is 12.6. The van der Waals surface area contributed by atoms with E-state index >= 15 is 0 Å². The second kappa shape index (κ2) is 11.9. The smallest absolute Gasteiger partial charge is 0.407 e. The van der Waals surface area contributed by atoms with Gasteiger partial charge in [0.2, 0.25) is 0 Å². The topological polar surface area (TPSA) is 75.6 Å². The minimum Gasteiger partial charge on any atom is -0.445 e. The zero-order valence-corrected chi connectivity index (χ0v) is 20.1. The lowest BCUT2D eigenvalue weighted by atomic mass is 10.0. The van der Waals surface area contributed by atoms with E-state index < -0.39 is 33.9 Å². The molecular formula is C25H26BrNO4S. The molecule has 168 valence electrons. The molecule has 0 fully saturated rings. The Kier molecular flexibility index (Phi) is 9.02. The summed E-state index contributed by atoms with van der Waals surface area (Å²) in [7, 11) is -1.38. The molecule has 0 saturated carbocycles. The maximum Gasteiger partial charge on any atom is 0.407 e. The summed E-state index contributed by atoms with van der Waals surface area (Å²) in [6.45, 7) is 2.10. The van der Waals surface area contributed by atoms with Crippen LogP contribution in [0.5, 0.6) is 0 Å². The van der Waals surface area contributed by atoms with Crippen LogP contribution >= 0.6 is 15.9 Å². The molecule has 32 heavy (non-hydrogen) atoms. The van der Waals surface area contributed by atoms with Gasteiger partial charge in [0, 0.05) is 4.90 Å². The summed E-state index contributed by atoms with van der Waals surface area (Å²) in [6.07, 6.45) is -1.57. The molecular weight excluding hydrogens is 490 g/mol. The standard InChI is InChI=1S/C25H26BrNO4S/c1-18-12-14-21(15-13-18)32(30)17-22(28)23(26)24(20-10-6-3-7-11-20)27-25(29)31-16-19-8-4-2-5-9-19/h2-15,22-24,28H,16-17H2,1H3,(H,27,29)/t22-,23-,24+,32+/m1/s1. The summed E-state index contributed by atoms with van der Waals surface area (Å²) >= 11 is 3.53. The van der Waals surface area contributed by atoms with Crippen molar-refractivity contribution in [2.24, 2.45) is 0 Å². The molecule has 4 atom stereocenters.